The molecule has 0 bridgehead atoms. The van der Waals surface area contributed by atoms with Gasteiger partial charge in [0.05, 0.1) is 19.1 Å². The van der Waals surface area contributed by atoms with Crippen molar-refractivity contribution < 1.29 is 9.59 Å². The Hall–Kier alpha value is -1.88. The van der Waals surface area contributed by atoms with Crippen molar-refractivity contribution in [3.8, 4) is 0 Å². The number of hydrogen-bond acceptors (Lipinski definition) is 3. The van der Waals surface area contributed by atoms with Gasteiger partial charge in [0.1, 0.15) is 0 Å². The molecule has 1 atom stereocenters. The summed E-state index contributed by atoms with van der Waals surface area (Å²) in [4.78, 5) is 22.7. The standard InChI is InChI=1S/C15H23N3O2/c1-4-12-5-7-13(8-6-12)11(2)18-15(20)10-17-9-14(19)16-3/h5-8,11,17H,4,9-10H2,1-3H3,(H,16,19)(H,18,20)/t11-/m1/s1. The highest BCUT2D eigenvalue weighted by molar-refractivity contribution is 5.81. The van der Waals surface area contributed by atoms with Crippen LogP contribution in [0.4, 0.5) is 0 Å². The number of amides is 2. The summed E-state index contributed by atoms with van der Waals surface area (Å²) in [5.41, 5.74) is 2.35. The summed E-state index contributed by atoms with van der Waals surface area (Å²) in [6.45, 7) is 4.32. The number of benzene rings is 1. The monoisotopic (exact) mass is 277 g/mol. The van der Waals surface area contributed by atoms with Gasteiger partial charge in [0.2, 0.25) is 11.8 Å². The van der Waals surface area contributed by atoms with Crippen LogP contribution in [0.25, 0.3) is 0 Å². The molecule has 0 aliphatic rings. The Labute approximate surface area is 120 Å². The number of rotatable bonds is 7. The van der Waals surface area contributed by atoms with Gasteiger partial charge in [-0.1, -0.05) is 31.2 Å². The molecule has 5 heteroatoms. The molecule has 0 radical (unpaired) electrons. The third kappa shape index (κ3) is 5.40. The van der Waals surface area contributed by atoms with E-state index in [1.165, 1.54) is 5.56 Å². The van der Waals surface area contributed by atoms with Crippen LogP contribution in [0.2, 0.25) is 0 Å². The molecule has 0 unspecified atom stereocenters. The highest BCUT2D eigenvalue weighted by Crippen LogP contribution is 2.13. The number of likely N-dealkylation sites (N-methyl/N-ethyl adjacent to an activating group) is 1. The first-order valence-electron chi connectivity index (χ1n) is 6.86. The minimum atomic E-state index is -0.138. The van der Waals surface area contributed by atoms with Gasteiger partial charge in [-0.25, -0.2) is 0 Å². The van der Waals surface area contributed by atoms with Crippen LogP contribution in [0.3, 0.4) is 0 Å². The van der Waals surface area contributed by atoms with E-state index >= 15 is 0 Å². The fourth-order valence-corrected chi connectivity index (χ4v) is 1.80. The number of hydrogen-bond donors (Lipinski definition) is 3. The van der Waals surface area contributed by atoms with E-state index in [0.29, 0.717) is 0 Å². The lowest BCUT2D eigenvalue weighted by Crippen LogP contribution is -2.39. The molecule has 2 amide bonds. The van der Waals surface area contributed by atoms with Crippen LogP contribution >= 0.6 is 0 Å². The predicted molar refractivity (Wildman–Crippen MR) is 79.3 cm³/mol. The Morgan fingerprint density at radius 3 is 2.25 bits per heavy atom. The van der Waals surface area contributed by atoms with Crippen molar-refractivity contribution in [2.75, 3.05) is 20.1 Å². The summed E-state index contributed by atoms with van der Waals surface area (Å²) >= 11 is 0. The van der Waals surface area contributed by atoms with Crippen molar-refractivity contribution in [1.82, 2.24) is 16.0 Å². The van der Waals surface area contributed by atoms with E-state index in [9.17, 15) is 9.59 Å². The van der Waals surface area contributed by atoms with Gasteiger partial charge < -0.3 is 10.6 Å². The van der Waals surface area contributed by atoms with Gasteiger partial charge in [-0.15, -0.1) is 0 Å². The molecule has 0 fully saturated rings. The third-order valence-electron chi connectivity index (χ3n) is 3.12. The van der Waals surface area contributed by atoms with Gasteiger partial charge in [-0.3, -0.25) is 14.9 Å². The van der Waals surface area contributed by atoms with Crippen molar-refractivity contribution in [3.63, 3.8) is 0 Å². The molecular formula is C15H23N3O2. The van der Waals surface area contributed by atoms with Crippen LogP contribution < -0.4 is 16.0 Å². The van der Waals surface area contributed by atoms with Crippen LogP contribution in [0.15, 0.2) is 24.3 Å². The molecule has 5 nitrogen and oxygen atoms in total. The first-order valence-corrected chi connectivity index (χ1v) is 6.86. The molecule has 1 aromatic rings. The highest BCUT2D eigenvalue weighted by atomic mass is 16.2. The van der Waals surface area contributed by atoms with E-state index in [0.717, 1.165) is 12.0 Å². The summed E-state index contributed by atoms with van der Waals surface area (Å²) in [5, 5.41) is 8.16. The van der Waals surface area contributed by atoms with Crippen molar-refractivity contribution in [2.24, 2.45) is 0 Å². The Kier molecular flexibility index (Phi) is 6.73. The van der Waals surface area contributed by atoms with Gasteiger partial charge in [-0.2, -0.15) is 0 Å². The molecule has 20 heavy (non-hydrogen) atoms. The van der Waals surface area contributed by atoms with Gasteiger partial charge in [-0.05, 0) is 24.5 Å². The number of aryl methyl sites for hydroxylation is 1. The summed E-state index contributed by atoms with van der Waals surface area (Å²) in [7, 11) is 1.56. The lowest BCUT2D eigenvalue weighted by Gasteiger charge is -2.15. The summed E-state index contributed by atoms with van der Waals surface area (Å²) in [6.07, 6.45) is 1.00. The molecule has 0 saturated heterocycles. The minimum absolute atomic E-state index is 0.0461. The molecule has 0 aliphatic carbocycles. The Morgan fingerprint density at radius 1 is 1.10 bits per heavy atom. The Morgan fingerprint density at radius 2 is 1.70 bits per heavy atom. The molecule has 0 aliphatic heterocycles. The molecular weight excluding hydrogens is 254 g/mol. The van der Waals surface area contributed by atoms with Crippen LogP contribution in [0.1, 0.15) is 31.0 Å². The summed E-state index contributed by atoms with van der Waals surface area (Å²) in [6, 6.07) is 8.16. The normalized spacial score (nSPS) is 11.8. The average Bonchev–Trinajstić information content (AvgIpc) is 2.47. The maximum Gasteiger partial charge on any atom is 0.234 e. The Bertz CT molecular complexity index is 443. The van der Waals surface area contributed by atoms with E-state index in [1.54, 1.807) is 7.05 Å². The second kappa shape index (κ2) is 8.32. The lowest BCUT2D eigenvalue weighted by molar-refractivity contribution is -0.121. The van der Waals surface area contributed by atoms with Crippen LogP contribution in [0.5, 0.6) is 0 Å². The highest BCUT2D eigenvalue weighted by Gasteiger charge is 2.09. The van der Waals surface area contributed by atoms with E-state index in [-0.39, 0.29) is 30.9 Å². The molecule has 110 valence electrons. The van der Waals surface area contributed by atoms with Crippen molar-refractivity contribution >= 4 is 11.8 Å². The summed E-state index contributed by atoms with van der Waals surface area (Å²) < 4.78 is 0. The number of carbonyl (C=O) groups is 2. The maximum atomic E-state index is 11.7. The second-order valence-electron chi connectivity index (χ2n) is 4.66. The van der Waals surface area contributed by atoms with Gasteiger partial charge in [0.25, 0.3) is 0 Å². The maximum absolute atomic E-state index is 11.7. The van der Waals surface area contributed by atoms with E-state index in [2.05, 4.69) is 35.0 Å². The van der Waals surface area contributed by atoms with Crippen LogP contribution in [-0.4, -0.2) is 32.0 Å². The molecule has 1 aromatic carbocycles. The molecule has 3 N–H and O–H groups in total. The summed E-state index contributed by atoms with van der Waals surface area (Å²) in [5.74, 6) is -0.262. The van der Waals surface area contributed by atoms with Gasteiger partial charge >= 0.3 is 0 Å². The van der Waals surface area contributed by atoms with Crippen molar-refractivity contribution in [2.45, 2.75) is 26.3 Å². The fourth-order valence-electron chi connectivity index (χ4n) is 1.80. The average molecular weight is 277 g/mol. The van der Waals surface area contributed by atoms with E-state index in [4.69, 9.17) is 0 Å². The van der Waals surface area contributed by atoms with Crippen molar-refractivity contribution in [3.05, 3.63) is 35.4 Å². The fraction of sp³-hybridized carbons (Fsp3) is 0.467. The third-order valence-corrected chi connectivity index (χ3v) is 3.12. The van der Waals surface area contributed by atoms with Gasteiger partial charge in [0.15, 0.2) is 0 Å². The zero-order valence-corrected chi connectivity index (χ0v) is 12.3. The molecule has 0 spiro atoms. The first kappa shape index (κ1) is 16.2. The molecule has 1 rings (SSSR count). The zero-order valence-electron chi connectivity index (χ0n) is 12.3. The smallest absolute Gasteiger partial charge is 0.234 e. The minimum Gasteiger partial charge on any atom is -0.358 e. The van der Waals surface area contributed by atoms with Crippen LogP contribution in [-0.2, 0) is 16.0 Å². The molecule has 0 saturated carbocycles. The van der Waals surface area contributed by atoms with E-state index in [1.807, 2.05) is 19.1 Å². The topological polar surface area (TPSA) is 70.2 Å². The number of carbonyl (C=O) groups excluding carboxylic acids is 2. The van der Waals surface area contributed by atoms with Crippen LogP contribution in [0, 0.1) is 0 Å². The first-order chi connectivity index (χ1) is 9.56. The van der Waals surface area contributed by atoms with Crippen molar-refractivity contribution in [1.29, 1.82) is 0 Å². The predicted octanol–water partition coefficient (Wildman–Crippen LogP) is 0.762. The molecule has 0 heterocycles. The quantitative estimate of drug-likeness (QED) is 0.689. The van der Waals surface area contributed by atoms with E-state index < -0.39 is 0 Å². The lowest BCUT2D eigenvalue weighted by atomic mass is 10.1. The second-order valence-corrected chi connectivity index (χ2v) is 4.66. The molecule has 0 aromatic heterocycles. The van der Waals surface area contributed by atoms with Gasteiger partial charge in [0, 0.05) is 7.05 Å². The SMILES string of the molecule is CCc1ccc([C@@H](C)NC(=O)CNCC(=O)NC)cc1. The number of nitrogens with one attached hydrogen (secondary N) is 3. The zero-order chi connectivity index (χ0) is 15.0. The Balaban J connectivity index is 2.38. The largest absolute Gasteiger partial charge is 0.358 e.